The molecule has 2 aliphatic rings. The maximum Gasteiger partial charge on any atom is 0.414 e. The summed E-state index contributed by atoms with van der Waals surface area (Å²) in [5, 5.41) is 2.60. The molecule has 12 heteroatoms. The first kappa shape index (κ1) is 21.5. The number of anilines is 2. The molecule has 0 unspecified atom stereocenters. The summed E-state index contributed by atoms with van der Waals surface area (Å²) in [5.41, 5.74) is 2.66. The third-order valence-corrected chi connectivity index (χ3v) is 4.70. The highest BCUT2D eigenvalue weighted by Crippen LogP contribution is 2.30. The van der Waals surface area contributed by atoms with Gasteiger partial charge >= 0.3 is 6.09 Å². The van der Waals surface area contributed by atoms with E-state index in [2.05, 4.69) is 17.1 Å². The van der Waals surface area contributed by atoms with E-state index >= 15 is 0 Å². The number of nitrogens with zero attached hydrogens (tertiary/aromatic N) is 5. The van der Waals surface area contributed by atoms with Gasteiger partial charge in [0.15, 0.2) is 11.6 Å². The molecular formula is C18H23F2N7O3. The van der Waals surface area contributed by atoms with Gasteiger partial charge in [0.1, 0.15) is 11.8 Å². The van der Waals surface area contributed by atoms with Gasteiger partial charge in [0.25, 0.3) is 0 Å². The minimum Gasteiger partial charge on any atom is -0.442 e. The summed E-state index contributed by atoms with van der Waals surface area (Å²) in [6, 6.07) is 2.15. The number of hydrogen-bond donors (Lipinski definition) is 2. The largest absolute Gasteiger partial charge is 0.442 e. The van der Waals surface area contributed by atoms with Gasteiger partial charge in [0.2, 0.25) is 6.41 Å². The van der Waals surface area contributed by atoms with E-state index in [1.165, 1.54) is 27.3 Å². The van der Waals surface area contributed by atoms with Crippen molar-refractivity contribution in [2.24, 2.45) is 10.8 Å². The molecule has 1 aromatic rings. The summed E-state index contributed by atoms with van der Waals surface area (Å²) in [4.78, 5) is 29.3. The molecule has 0 radical (unpaired) electrons. The molecule has 1 aromatic carbocycles. The Balaban J connectivity index is 1.73. The Bertz CT molecular complexity index is 815. The first-order valence-corrected chi connectivity index (χ1v) is 9.24. The smallest absolute Gasteiger partial charge is 0.414 e. The second-order valence-electron chi connectivity index (χ2n) is 6.75. The van der Waals surface area contributed by atoms with Gasteiger partial charge in [-0.1, -0.05) is 0 Å². The number of hydrogen-bond acceptors (Lipinski definition) is 8. The summed E-state index contributed by atoms with van der Waals surface area (Å²) in [7, 11) is 0. The fourth-order valence-electron chi connectivity index (χ4n) is 3.27. The monoisotopic (exact) mass is 423 g/mol. The molecular weight excluding hydrogens is 400 g/mol. The molecule has 2 aliphatic heterocycles. The lowest BCUT2D eigenvalue weighted by atomic mass is 10.2. The van der Waals surface area contributed by atoms with Crippen LogP contribution in [-0.2, 0) is 9.53 Å². The Hall–Kier alpha value is -3.25. The minimum absolute atomic E-state index is 0.0393. The fourth-order valence-corrected chi connectivity index (χ4v) is 3.27. The number of aliphatic imine (C=N–C) groups is 1. The molecule has 162 valence electrons. The molecule has 3 N–H and O–H groups in total. The maximum absolute atomic E-state index is 14.8. The molecule has 2 saturated heterocycles. The van der Waals surface area contributed by atoms with Crippen molar-refractivity contribution in [2.45, 2.75) is 6.10 Å². The van der Waals surface area contributed by atoms with Crippen molar-refractivity contribution >= 4 is 30.6 Å². The maximum atomic E-state index is 14.8. The standard InChI is InChI=1S/C18H23F2N7O3/c1-22-2-5-25(21)10-14-11-26(18(29)30-14)13-8-15(19)17(16(20)9-13)27-7-6-24(12-28)4-3-23-27/h2,5,8-9,12,14,23H,1,3-4,6-7,10-11,21H2/b5-2-/t14-/m0/s1. The van der Waals surface area contributed by atoms with Gasteiger partial charge in [-0.3, -0.25) is 14.7 Å². The number of amides is 2. The molecule has 0 bridgehead atoms. The third-order valence-electron chi connectivity index (χ3n) is 4.70. The highest BCUT2D eigenvalue weighted by molar-refractivity contribution is 5.90. The predicted molar refractivity (Wildman–Crippen MR) is 107 cm³/mol. The highest BCUT2D eigenvalue weighted by Gasteiger charge is 2.34. The first-order valence-electron chi connectivity index (χ1n) is 9.24. The van der Waals surface area contributed by atoms with Crippen LogP contribution >= 0.6 is 0 Å². The second-order valence-corrected chi connectivity index (χ2v) is 6.75. The molecule has 0 saturated carbocycles. The van der Waals surface area contributed by atoms with Gasteiger partial charge in [0.05, 0.1) is 25.3 Å². The van der Waals surface area contributed by atoms with Gasteiger partial charge in [0, 0.05) is 44.2 Å². The van der Waals surface area contributed by atoms with Crippen LogP contribution < -0.4 is 21.2 Å². The topological polar surface area (TPSA) is 107 Å². The van der Waals surface area contributed by atoms with Crippen LogP contribution in [0.5, 0.6) is 0 Å². The summed E-state index contributed by atoms with van der Waals surface area (Å²) in [5.74, 6) is 4.07. The van der Waals surface area contributed by atoms with Gasteiger partial charge in [-0.15, -0.1) is 0 Å². The van der Waals surface area contributed by atoms with Crippen molar-refractivity contribution in [1.29, 1.82) is 0 Å². The number of ether oxygens (including phenoxy) is 1. The number of benzene rings is 1. The summed E-state index contributed by atoms with van der Waals surface area (Å²) in [6.45, 7) is 4.85. The lowest BCUT2D eigenvalue weighted by molar-refractivity contribution is -0.117. The van der Waals surface area contributed by atoms with Crippen molar-refractivity contribution in [3.8, 4) is 0 Å². The van der Waals surface area contributed by atoms with Crippen molar-refractivity contribution in [3.05, 3.63) is 36.2 Å². The van der Waals surface area contributed by atoms with E-state index in [-0.39, 0.29) is 31.0 Å². The van der Waals surface area contributed by atoms with E-state index in [0.29, 0.717) is 26.0 Å². The first-order chi connectivity index (χ1) is 14.4. The van der Waals surface area contributed by atoms with Crippen LogP contribution in [0.25, 0.3) is 0 Å². The summed E-state index contributed by atoms with van der Waals surface area (Å²) < 4.78 is 34.8. The quantitative estimate of drug-likeness (QED) is 0.283. The van der Waals surface area contributed by atoms with E-state index in [4.69, 9.17) is 10.6 Å². The summed E-state index contributed by atoms with van der Waals surface area (Å²) >= 11 is 0. The molecule has 0 spiro atoms. The molecule has 0 aromatic heterocycles. The van der Waals surface area contributed by atoms with Crippen LogP contribution in [0.15, 0.2) is 29.5 Å². The molecule has 2 heterocycles. The Kier molecular flexibility index (Phi) is 6.79. The lowest BCUT2D eigenvalue weighted by Crippen LogP contribution is -2.40. The van der Waals surface area contributed by atoms with Crippen LogP contribution in [0, 0.1) is 11.6 Å². The van der Waals surface area contributed by atoms with E-state index in [1.54, 1.807) is 0 Å². The summed E-state index contributed by atoms with van der Waals surface area (Å²) in [6.07, 6.45) is 2.22. The Morgan fingerprint density at radius 2 is 2.07 bits per heavy atom. The van der Waals surface area contributed by atoms with Crippen LogP contribution in [0.2, 0.25) is 0 Å². The zero-order valence-electron chi connectivity index (χ0n) is 16.2. The number of halogens is 2. The van der Waals surface area contributed by atoms with Crippen molar-refractivity contribution in [2.75, 3.05) is 49.2 Å². The van der Waals surface area contributed by atoms with Crippen molar-refractivity contribution in [1.82, 2.24) is 15.3 Å². The van der Waals surface area contributed by atoms with Gasteiger partial charge in [-0.05, 0) is 6.72 Å². The molecule has 1 atom stereocenters. The number of carbonyl (C=O) groups excluding carboxylic acids is 2. The number of carbonyl (C=O) groups is 2. The van der Waals surface area contributed by atoms with Crippen LogP contribution in [0.3, 0.4) is 0 Å². The highest BCUT2D eigenvalue weighted by atomic mass is 19.1. The Morgan fingerprint density at radius 1 is 1.33 bits per heavy atom. The fraction of sp³-hybridized carbons (Fsp3) is 0.389. The van der Waals surface area contributed by atoms with Crippen LogP contribution in [0.1, 0.15) is 0 Å². The van der Waals surface area contributed by atoms with Gasteiger partial charge < -0.3 is 19.7 Å². The normalized spacial score (nSPS) is 19.8. The average molecular weight is 423 g/mol. The predicted octanol–water partition coefficient (Wildman–Crippen LogP) is 0.421. The molecule has 3 rings (SSSR count). The third kappa shape index (κ3) is 4.83. The van der Waals surface area contributed by atoms with Crippen molar-refractivity contribution < 1.29 is 23.1 Å². The Labute approximate surface area is 172 Å². The van der Waals surface area contributed by atoms with E-state index in [9.17, 15) is 18.4 Å². The van der Waals surface area contributed by atoms with E-state index in [0.717, 1.165) is 17.0 Å². The van der Waals surface area contributed by atoms with Gasteiger partial charge in [-0.2, -0.15) is 0 Å². The second kappa shape index (κ2) is 9.50. The van der Waals surface area contributed by atoms with E-state index in [1.807, 2.05) is 0 Å². The van der Waals surface area contributed by atoms with Crippen LogP contribution in [0.4, 0.5) is 25.0 Å². The molecule has 0 aliphatic carbocycles. The average Bonchev–Trinajstić information content (AvgIpc) is 2.91. The van der Waals surface area contributed by atoms with Gasteiger partial charge in [-0.25, -0.2) is 24.8 Å². The SMILES string of the molecule is C=N/C=C\N(N)C[C@H]1CN(c2cc(F)c(N3CCN(C=O)CCN3)c(F)c2)C(=O)O1. The molecule has 10 nitrogen and oxygen atoms in total. The molecule has 2 fully saturated rings. The molecule has 30 heavy (non-hydrogen) atoms. The number of nitrogens with two attached hydrogens (primary N) is 1. The zero-order chi connectivity index (χ0) is 21.7. The lowest BCUT2D eigenvalue weighted by Gasteiger charge is -2.25. The minimum atomic E-state index is -0.839. The number of nitrogens with one attached hydrogen (secondary N) is 1. The van der Waals surface area contributed by atoms with Crippen LogP contribution in [-0.4, -0.2) is 74.5 Å². The van der Waals surface area contributed by atoms with Crippen molar-refractivity contribution in [3.63, 3.8) is 0 Å². The number of rotatable bonds is 7. The zero-order valence-corrected chi connectivity index (χ0v) is 16.2. The number of cyclic esters (lactones) is 1. The molecule has 2 amide bonds. The Morgan fingerprint density at radius 3 is 2.73 bits per heavy atom. The number of hydrazine groups is 2. The van der Waals surface area contributed by atoms with E-state index < -0.39 is 23.8 Å².